The maximum atomic E-state index is 3.38. The molecular formula is C18H24ClN. The Morgan fingerprint density at radius 2 is 1.75 bits per heavy atom. The van der Waals surface area contributed by atoms with Crippen molar-refractivity contribution in [1.82, 2.24) is 0 Å². The van der Waals surface area contributed by atoms with Gasteiger partial charge < -0.3 is 17.3 Å². The van der Waals surface area contributed by atoms with Crippen LogP contribution in [-0.4, -0.2) is 19.6 Å². The van der Waals surface area contributed by atoms with Gasteiger partial charge in [-0.25, -0.2) is 0 Å². The Bertz CT molecular complexity index is 459. The third-order valence-corrected chi connectivity index (χ3v) is 4.83. The second kappa shape index (κ2) is 7.72. The molecule has 1 heterocycles. The Morgan fingerprint density at radius 3 is 2.55 bits per heavy atom. The predicted octanol–water partition coefficient (Wildman–Crippen LogP) is -0.863. The van der Waals surface area contributed by atoms with Crippen molar-refractivity contribution in [2.75, 3.05) is 19.6 Å². The average molecular weight is 290 g/mol. The molecule has 0 amide bonds. The fourth-order valence-corrected chi connectivity index (χ4v) is 3.75. The molecule has 2 heteroatoms. The van der Waals surface area contributed by atoms with Gasteiger partial charge in [-0.2, -0.15) is 0 Å². The van der Waals surface area contributed by atoms with Crippen LogP contribution in [0.2, 0.25) is 0 Å². The van der Waals surface area contributed by atoms with E-state index < -0.39 is 0 Å². The lowest BCUT2D eigenvalue weighted by atomic mass is 9.75. The van der Waals surface area contributed by atoms with Crippen molar-refractivity contribution in [2.45, 2.75) is 32.1 Å². The smallest absolute Gasteiger partial charge is 0.139 e. The number of quaternary nitrogens is 1. The van der Waals surface area contributed by atoms with E-state index in [0.717, 1.165) is 23.9 Å². The van der Waals surface area contributed by atoms with Crippen LogP contribution in [0.4, 0.5) is 0 Å². The Morgan fingerprint density at radius 1 is 1.00 bits per heavy atom. The number of nitrogens with one attached hydrogen (secondary N) is 1. The van der Waals surface area contributed by atoms with E-state index in [-0.39, 0.29) is 12.4 Å². The third-order valence-electron chi connectivity index (χ3n) is 4.83. The molecule has 20 heavy (non-hydrogen) atoms. The molecule has 1 aliphatic carbocycles. The van der Waals surface area contributed by atoms with Gasteiger partial charge in [0.1, 0.15) is 6.54 Å². The number of rotatable bonds is 1. The van der Waals surface area contributed by atoms with Crippen LogP contribution >= 0.6 is 0 Å². The molecule has 1 unspecified atom stereocenters. The van der Waals surface area contributed by atoms with Crippen LogP contribution in [0.3, 0.4) is 0 Å². The minimum Gasteiger partial charge on any atom is -1.00 e. The molecule has 2 fully saturated rings. The van der Waals surface area contributed by atoms with Crippen molar-refractivity contribution in [3.05, 3.63) is 35.9 Å². The molecule has 0 aromatic heterocycles. The van der Waals surface area contributed by atoms with Crippen molar-refractivity contribution in [3.63, 3.8) is 0 Å². The van der Waals surface area contributed by atoms with Crippen LogP contribution in [0.5, 0.6) is 0 Å². The van der Waals surface area contributed by atoms with E-state index in [4.69, 9.17) is 0 Å². The molecule has 1 aromatic rings. The highest BCUT2D eigenvalue weighted by molar-refractivity contribution is 5.33. The maximum absolute atomic E-state index is 3.38. The molecule has 1 aliphatic heterocycles. The SMILES string of the molecule is C(#Cc1ccccc1)C[NH+]1CC[C@@H]2CCCC[C@H]2C1.[Cl-]. The van der Waals surface area contributed by atoms with E-state index in [2.05, 4.69) is 36.1 Å². The number of benzene rings is 1. The predicted molar refractivity (Wildman–Crippen MR) is 78.9 cm³/mol. The maximum Gasteiger partial charge on any atom is 0.139 e. The van der Waals surface area contributed by atoms with Crippen molar-refractivity contribution in [1.29, 1.82) is 0 Å². The van der Waals surface area contributed by atoms with Crippen LogP contribution in [0.15, 0.2) is 30.3 Å². The highest BCUT2D eigenvalue weighted by Crippen LogP contribution is 2.32. The van der Waals surface area contributed by atoms with E-state index in [1.165, 1.54) is 45.2 Å². The van der Waals surface area contributed by atoms with Crippen molar-refractivity contribution in [2.24, 2.45) is 11.8 Å². The zero-order chi connectivity index (χ0) is 12.9. The summed E-state index contributed by atoms with van der Waals surface area (Å²) in [6.45, 7) is 3.73. The van der Waals surface area contributed by atoms with Crippen LogP contribution in [-0.2, 0) is 0 Å². The van der Waals surface area contributed by atoms with Gasteiger partial charge in [-0.1, -0.05) is 37.0 Å². The number of halogens is 1. The van der Waals surface area contributed by atoms with E-state index in [9.17, 15) is 0 Å². The molecule has 0 bridgehead atoms. The van der Waals surface area contributed by atoms with E-state index in [0.29, 0.717) is 0 Å². The molecule has 1 aromatic carbocycles. The average Bonchev–Trinajstić information content (AvgIpc) is 2.48. The minimum absolute atomic E-state index is 0. The second-order valence-electron chi connectivity index (χ2n) is 6.14. The highest BCUT2D eigenvalue weighted by Gasteiger charge is 2.32. The molecule has 1 N–H and O–H groups in total. The Kier molecular flexibility index (Phi) is 5.95. The van der Waals surface area contributed by atoms with Gasteiger partial charge in [-0.15, -0.1) is 0 Å². The molecule has 0 spiro atoms. The summed E-state index contributed by atoms with van der Waals surface area (Å²) in [5.74, 6) is 8.71. The van der Waals surface area contributed by atoms with Gasteiger partial charge in [0.15, 0.2) is 0 Å². The lowest BCUT2D eigenvalue weighted by Gasteiger charge is -2.38. The Balaban J connectivity index is 0.00000147. The monoisotopic (exact) mass is 289 g/mol. The first-order valence-electron chi connectivity index (χ1n) is 7.79. The first-order valence-corrected chi connectivity index (χ1v) is 7.79. The van der Waals surface area contributed by atoms with Gasteiger partial charge in [0.25, 0.3) is 0 Å². The quantitative estimate of drug-likeness (QED) is 0.642. The molecule has 1 saturated carbocycles. The summed E-state index contributed by atoms with van der Waals surface area (Å²) >= 11 is 0. The number of fused-ring (bicyclic) bond motifs is 1. The van der Waals surface area contributed by atoms with E-state index >= 15 is 0 Å². The van der Waals surface area contributed by atoms with Gasteiger partial charge in [-0.3, -0.25) is 0 Å². The largest absolute Gasteiger partial charge is 1.00 e. The number of piperidine rings is 1. The van der Waals surface area contributed by atoms with Gasteiger partial charge in [0.2, 0.25) is 0 Å². The molecule has 2 aliphatic rings. The Labute approximate surface area is 129 Å². The summed E-state index contributed by atoms with van der Waals surface area (Å²) in [6, 6.07) is 10.4. The minimum atomic E-state index is 0. The van der Waals surface area contributed by atoms with Crippen LogP contribution in [0.25, 0.3) is 0 Å². The standard InChI is InChI=1S/C18H23N.ClH/c1-2-7-16(8-3-1)9-6-13-19-14-12-17-10-4-5-11-18(17)15-19;/h1-3,7-8,17-18H,4-5,10-15H2;1H/t17-,18-;/m0./s1. The van der Waals surface area contributed by atoms with Gasteiger partial charge >= 0.3 is 0 Å². The summed E-state index contributed by atoms with van der Waals surface area (Å²) in [7, 11) is 0. The number of hydrogen-bond donors (Lipinski definition) is 1. The summed E-state index contributed by atoms with van der Waals surface area (Å²) < 4.78 is 0. The summed E-state index contributed by atoms with van der Waals surface area (Å²) in [5.41, 5.74) is 1.15. The van der Waals surface area contributed by atoms with E-state index in [1.807, 2.05) is 6.07 Å². The highest BCUT2D eigenvalue weighted by atomic mass is 35.5. The lowest BCUT2D eigenvalue weighted by Crippen LogP contribution is -3.13. The second-order valence-corrected chi connectivity index (χ2v) is 6.14. The topological polar surface area (TPSA) is 4.44 Å². The summed E-state index contributed by atoms with van der Waals surface area (Å²) in [5, 5.41) is 0. The van der Waals surface area contributed by atoms with Gasteiger partial charge in [-0.05, 0) is 43.2 Å². The molecule has 1 saturated heterocycles. The lowest BCUT2D eigenvalue weighted by molar-refractivity contribution is -0.903. The molecule has 3 rings (SSSR count). The zero-order valence-corrected chi connectivity index (χ0v) is 12.8. The van der Waals surface area contributed by atoms with Crippen molar-refractivity contribution < 1.29 is 17.3 Å². The fourth-order valence-electron chi connectivity index (χ4n) is 3.75. The first-order chi connectivity index (χ1) is 9.42. The molecule has 3 atom stereocenters. The summed E-state index contributed by atoms with van der Waals surface area (Å²) in [4.78, 5) is 1.71. The van der Waals surface area contributed by atoms with Crippen LogP contribution in [0.1, 0.15) is 37.7 Å². The fraction of sp³-hybridized carbons (Fsp3) is 0.556. The zero-order valence-electron chi connectivity index (χ0n) is 12.1. The van der Waals surface area contributed by atoms with E-state index in [1.54, 1.807) is 4.90 Å². The molecular weight excluding hydrogens is 266 g/mol. The Hall–Kier alpha value is -0.970. The van der Waals surface area contributed by atoms with Gasteiger partial charge in [0, 0.05) is 11.5 Å². The molecule has 1 nitrogen and oxygen atoms in total. The first kappa shape index (κ1) is 15.4. The van der Waals surface area contributed by atoms with Crippen molar-refractivity contribution in [3.8, 4) is 11.8 Å². The van der Waals surface area contributed by atoms with Crippen LogP contribution < -0.4 is 17.3 Å². The van der Waals surface area contributed by atoms with Gasteiger partial charge in [0.05, 0.1) is 13.1 Å². The normalized spacial score (nSPS) is 28.5. The van der Waals surface area contributed by atoms with Crippen LogP contribution in [0, 0.1) is 23.7 Å². The van der Waals surface area contributed by atoms with Crippen molar-refractivity contribution >= 4 is 0 Å². The molecule has 108 valence electrons. The summed E-state index contributed by atoms with van der Waals surface area (Å²) in [6.07, 6.45) is 7.34. The third kappa shape index (κ3) is 4.01. The number of hydrogen-bond acceptors (Lipinski definition) is 0. The number of likely N-dealkylation sites (tertiary alicyclic amines) is 1. The molecule has 0 radical (unpaired) electrons.